The number of ether oxygens (including phenoxy) is 1. The van der Waals surface area contributed by atoms with Gasteiger partial charge in [-0.2, -0.15) is 5.10 Å². The highest BCUT2D eigenvalue weighted by Gasteiger charge is 2.11. The van der Waals surface area contributed by atoms with Gasteiger partial charge in [-0.05, 0) is 6.07 Å². The number of fused-ring (bicyclic) bond motifs is 1. The number of halogens is 2. The maximum Gasteiger partial charge on any atom is 0.330 e. The third kappa shape index (κ3) is 2.70. The Hall–Kier alpha value is -2.12. The highest BCUT2D eigenvalue weighted by molar-refractivity contribution is 5.85. The Morgan fingerprint density at radius 2 is 2.24 bits per heavy atom. The predicted octanol–water partition coefficient (Wildman–Crippen LogP) is 1.72. The summed E-state index contributed by atoms with van der Waals surface area (Å²) in [6.45, 7) is 1.04. The summed E-state index contributed by atoms with van der Waals surface area (Å²) in [7, 11) is 1.60. The zero-order chi connectivity index (χ0) is 14.1. The standard InChI is InChI=1S/C13H13FN4O2.ClH/c1-20-5-4-18-11-7-10(14)12(6-9(11)8-16-18)17-3-2-15-13(17)19;/h2-3,6-8H,4-5H2,1H3,(H,15,19);1H. The first-order chi connectivity index (χ1) is 9.70. The molecule has 2 aromatic heterocycles. The van der Waals surface area contributed by atoms with Crippen molar-refractivity contribution in [3.05, 3.63) is 47.0 Å². The maximum atomic E-state index is 14.2. The normalized spacial score (nSPS) is 10.8. The zero-order valence-corrected chi connectivity index (χ0v) is 12.1. The van der Waals surface area contributed by atoms with Crippen LogP contribution < -0.4 is 5.69 Å². The minimum Gasteiger partial charge on any atom is -0.383 e. The molecule has 3 aromatic rings. The number of aromatic amines is 1. The molecule has 6 nitrogen and oxygen atoms in total. The lowest BCUT2D eigenvalue weighted by molar-refractivity contribution is 0.185. The van der Waals surface area contributed by atoms with E-state index in [2.05, 4.69) is 10.1 Å². The van der Waals surface area contributed by atoms with Gasteiger partial charge in [0, 0.05) is 31.0 Å². The van der Waals surface area contributed by atoms with Crippen LogP contribution in [0.15, 0.2) is 35.5 Å². The summed E-state index contributed by atoms with van der Waals surface area (Å²) in [5.41, 5.74) is 0.497. The third-order valence-corrected chi connectivity index (χ3v) is 3.13. The van der Waals surface area contributed by atoms with E-state index in [1.54, 1.807) is 24.1 Å². The van der Waals surface area contributed by atoms with Crippen molar-refractivity contribution < 1.29 is 9.13 Å². The fourth-order valence-corrected chi connectivity index (χ4v) is 2.14. The molecule has 0 bridgehead atoms. The van der Waals surface area contributed by atoms with Crippen molar-refractivity contribution in [1.82, 2.24) is 19.3 Å². The van der Waals surface area contributed by atoms with E-state index in [9.17, 15) is 9.18 Å². The van der Waals surface area contributed by atoms with Gasteiger partial charge in [0.15, 0.2) is 0 Å². The Labute approximate surface area is 125 Å². The van der Waals surface area contributed by atoms with Gasteiger partial charge in [-0.3, -0.25) is 9.25 Å². The van der Waals surface area contributed by atoms with E-state index in [4.69, 9.17) is 4.74 Å². The van der Waals surface area contributed by atoms with E-state index in [-0.39, 0.29) is 23.8 Å². The van der Waals surface area contributed by atoms with E-state index in [1.165, 1.54) is 23.0 Å². The maximum absolute atomic E-state index is 14.2. The number of hydrogen-bond acceptors (Lipinski definition) is 3. The van der Waals surface area contributed by atoms with Crippen LogP contribution in [-0.4, -0.2) is 33.0 Å². The number of benzene rings is 1. The van der Waals surface area contributed by atoms with E-state index >= 15 is 0 Å². The Bertz CT molecular complexity index is 808. The smallest absolute Gasteiger partial charge is 0.330 e. The van der Waals surface area contributed by atoms with E-state index in [0.717, 1.165) is 5.39 Å². The molecule has 0 atom stereocenters. The lowest BCUT2D eigenvalue weighted by atomic mass is 10.2. The molecule has 8 heteroatoms. The molecule has 0 radical (unpaired) electrons. The summed E-state index contributed by atoms with van der Waals surface area (Å²) in [5, 5.41) is 4.96. The number of H-pyrrole nitrogens is 1. The van der Waals surface area contributed by atoms with Gasteiger partial charge in [-0.1, -0.05) is 0 Å². The Kier molecular flexibility index (Phi) is 4.44. The van der Waals surface area contributed by atoms with Crippen molar-refractivity contribution in [3.63, 3.8) is 0 Å². The molecule has 0 unspecified atom stereocenters. The molecule has 0 aliphatic carbocycles. The molecular formula is C13H14ClFN4O2. The van der Waals surface area contributed by atoms with Gasteiger partial charge >= 0.3 is 5.69 Å². The van der Waals surface area contributed by atoms with E-state index < -0.39 is 5.82 Å². The van der Waals surface area contributed by atoms with Crippen LogP contribution >= 0.6 is 12.4 Å². The van der Waals surface area contributed by atoms with Crippen LogP contribution in [0.2, 0.25) is 0 Å². The molecule has 0 saturated heterocycles. The van der Waals surface area contributed by atoms with Gasteiger partial charge < -0.3 is 9.72 Å². The van der Waals surface area contributed by atoms with Crippen LogP contribution in [0.4, 0.5) is 4.39 Å². The van der Waals surface area contributed by atoms with Crippen LogP contribution in [0, 0.1) is 5.82 Å². The van der Waals surface area contributed by atoms with Gasteiger partial charge in [-0.25, -0.2) is 9.18 Å². The number of imidazole rings is 1. The number of nitrogens with one attached hydrogen (secondary N) is 1. The average Bonchev–Trinajstić information content (AvgIpc) is 3.02. The molecule has 0 amide bonds. The number of methoxy groups -OCH3 is 1. The predicted molar refractivity (Wildman–Crippen MR) is 78.8 cm³/mol. The average molecular weight is 313 g/mol. The molecule has 0 aliphatic heterocycles. The van der Waals surface area contributed by atoms with Crippen molar-refractivity contribution in [3.8, 4) is 5.69 Å². The summed E-state index contributed by atoms with van der Waals surface area (Å²) in [5.74, 6) is -0.474. The monoisotopic (exact) mass is 312 g/mol. The van der Waals surface area contributed by atoms with Gasteiger partial charge in [0.2, 0.25) is 0 Å². The lowest BCUT2D eigenvalue weighted by Crippen LogP contribution is -2.15. The molecule has 1 aromatic carbocycles. The summed E-state index contributed by atoms with van der Waals surface area (Å²) >= 11 is 0. The molecule has 0 spiro atoms. The van der Waals surface area contributed by atoms with E-state index in [1.807, 2.05) is 0 Å². The Balaban J connectivity index is 0.00000161. The molecule has 2 heterocycles. The quantitative estimate of drug-likeness (QED) is 0.798. The SMILES string of the molecule is COCCn1ncc2cc(-n3cc[nH]c3=O)c(F)cc21.Cl. The second-order valence-electron chi connectivity index (χ2n) is 4.36. The van der Waals surface area contributed by atoms with Crippen LogP contribution in [0.5, 0.6) is 0 Å². The first kappa shape index (κ1) is 15.3. The first-order valence-electron chi connectivity index (χ1n) is 6.11. The largest absolute Gasteiger partial charge is 0.383 e. The van der Waals surface area contributed by atoms with Crippen LogP contribution in [0.25, 0.3) is 16.6 Å². The molecule has 1 N–H and O–H groups in total. The highest BCUT2D eigenvalue weighted by Crippen LogP contribution is 2.21. The van der Waals surface area contributed by atoms with Crippen molar-refractivity contribution in [2.75, 3.05) is 13.7 Å². The van der Waals surface area contributed by atoms with Gasteiger partial charge in [-0.15, -0.1) is 12.4 Å². The third-order valence-electron chi connectivity index (χ3n) is 3.13. The van der Waals surface area contributed by atoms with Gasteiger partial charge in [0.1, 0.15) is 5.82 Å². The fraction of sp³-hybridized carbons (Fsp3) is 0.231. The van der Waals surface area contributed by atoms with Gasteiger partial charge in [0.05, 0.1) is 30.6 Å². The van der Waals surface area contributed by atoms with E-state index in [0.29, 0.717) is 18.7 Å². The minimum atomic E-state index is -0.474. The number of aromatic nitrogens is 4. The number of hydrogen-bond donors (Lipinski definition) is 1. The van der Waals surface area contributed by atoms with Crippen molar-refractivity contribution in [2.24, 2.45) is 0 Å². The first-order valence-corrected chi connectivity index (χ1v) is 6.11. The summed E-state index contributed by atoms with van der Waals surface area (Å²) < 4.78 is 22.1. The lowest BCUT2D eigenvalue weighted by Gasteiger charge is -2.06. The molecule has 0 saturated carbocycles. The van der Waals surface area contributed by atoms with Gasteiger partial charge in [0.25, 0.3) is 0 Å². The second kappa shape index (κ2) is 6.11. The summed E-state index contributed by atoms with van der Waals surface area (Å²) in [4.78, 5) is 14.0. The van der Waals surface area contributed by atoms with Crippen molar-refractivity contribution in [2.45, 2.75) is 6.54 Å². The molecule has 112 valence electrons. The molecule has 3 rings (SSSR count). The topological polar surface area (TPSA) is 64.8 Å². The highest BCUT2D eigenvalue weighted by atomic mass is 35.5. The minimum absolute atomic E-state index is 0. The fourth-order valence-electron chi connectivity index (χ4n) is 2.14. The number of nitrogens with zero attached hydrogens (tertiary/aromatic N) is 3. The van der Waals surface area contributed by atoms with Crippen molar-refractivity contribution in [1.29, 1.82) is 0 Å². The molecule has 0 aliphatic rings. The Morgan fingerprint density at radius 3 is 2.90 bits per heavy atom. The van der Waals surface area contributed by atoms with Crippen LogP contribution in [0.1, 0.15) is 0 Å². The summed E-state index contributed by atoms with van der Waals surface area (Å²) in [6, 6.07) is 2.99. The molecular weight excluding hydrogens is 299 g/mol. The Morgan fingerprint density at radius 1 is 1.43 bits per heavy atom. The van der Waals surface area contributed by atoms with Crippen LogP contribution in [-0.2, 0) is 11.3 Å². The van der Waals surface area contributed by atoms with Crippen LogP contribution in [0.3, 0.4) is 0 Å². The zero-order valence-electron chi connectivity index (χ0n) is 11.2. The molecule has 21 heavy (non-hydrogen) atoms. The summed E-state index contributed by atoms with van der Waals surface area (Å²) in [6.07, 6.45) is 4.60. The second-order valence-corrected chi connectivity index (χ2v) is 4.36. The number of rotatable bonds is 4. The van der Waals surface area contributed by atoms with Crippen molar-refractivity contribution >= 4 is 23.3 Å². The molecule has 0 fully saturated rings.